The summed E-state index contributed by atoms with van der Waals surface area (Å²) in [4.78, 5) is 11.0. The molecule has 0 amide bonds. The molecule has 0 saturated carbocycles. The van der Waals surface area contributed by atoms with E-state index in [0.717, 1.165) is 16.8 Å². The Bertz CT molecular complexity index is 810. The first-order valence-electron chi connectivity index (χ1n) is 6.79. The Morgan fingerprint density at radius 3 is 2.70 bits per heavy atom. The lowest BCUT2D eigenvalue weighted by molar-refractivity contribution is 0.622. The molecule has 0 bridgehead atoms. The molecule has 1 aromatic carbocycles. The lowest BCUT2D eigenvalue weighted by atomic mass is 10.3. The number of hydrogen-bond donors (Lipinski definition) is 1. The number of hydrogen-bond acceptors (Lipinski definition) is 5. The zero-order chi connectivity index (χ0) is 16.4. The van der Waals surface area contributed by atoms with E-state index in [1.54, 1.807) is 6.20 Å². The number of rotatable bonds is 4. The Kier molecular flexibility index (Phi) is 4.84. The molecule has 0 aliphatic rings. The zero-order valence-corrected chi connectivity index (χ0v) is 14.6. The smallest absolute Gasteiger partial charge is 0.146 e. The van der Waals surface area contributed by atoms with Gasteiger partial charge < -0.3 is 4.90 Å². The second-order valence-electron chi connectivity index (χ2n) is 4.89. The van der Waals surface area contributed by atoms with Crippen LogP contribution < -0.4 is 4.90 Å². The summed E-state index contributed by atoms with van der Waals surface area (Å²) in [6.07, 6.45) is 2.72. The summed E-state index contributed by atoms with van der Waals surface area (Å²) >= 11 is 12.3. The Labute approximate surface area is 148 Å². The summed E-state index contributed by atoms with van der Waals surface area (Å²) in [6, 6.07) is 11.3. The quantitative estimate of drug-likeness (QED) is 0.517. The van der Waals surface area contributed by atoms with Crippen LogP contribution in [0.3, 0.4) is 0 Å². The number of aromatic nitrogens is 2. The number of thiol groups is 1. The van der Waals surface area contributed by atoms with Crippen molar-refractivity contribution in [3.63, 3.8) is 0 Å². The Morgan fingerprint density at radius 1 is 1.26 bits per heavy atom. The lowest BCUT2D eigenvalue weighted by Crippen LogP contribution is -2.19. The minimum Gasteiger partial charge on any atom is -0.358 e. The van der Waals surface area contributed by atoms with Crippen LogP contribution in [0.25, 0.3) is 10.6 Å². The van der Waals surface area contributed by atoms with Crippen molar-refractivity contribution in [1.82, 2.24) is 9.97 Å². The van der Waals surface area contributed by atoms with Crippen molar-refractivity contribution in [1.29, 1.82) is 0 Å². The highest BCUT2D eigenvalue weighted by atomic mass is 35.5. The fraction of sp³-hybridized carbons (Fsp3) is 0.125. The van der Waals surface area contributed by atoms with Gasteiger partial charge in [0.1, 0.15) is 21.4 Å². The maximum absolute atomic E-state index is 13.3. The standard InChI is InChI=1S/C16H13ClFN3S2/c1-21(12-5-3-2-4-6-12)16(22)13-14(17)20-15(23-13)10-7-11(18)9-19-8-10/h2-9,16,22H,1H3. The van der Waals surface area contributed by atoms with Crippen LogP contribution in [0.2, 0.25) is 5.15 Å². The molecule has 1 unspecified atom stereocenters. The molecule has 3 aromatic rings. The largest absolute Gasteiger partial charge is 0.358 e. The number of pyridine rings is 1. The fourth-order valence-electron chi connectivity index (χ4n) is 2.11. The van der Waals surface area contributed by atoms with Crippen LogP contribution in [0.4, 0.5) is 10.1 Å². The molecule has 1 atom stereocenters. The van der Waals surface area contributed by atoms with E-state index >= 15 is 0 Å². The van der Waals surface area contributed by atoms with E-state index in [-0.39, 0.29) is 5.37 Å². The molecule has 0 fully saturated rings. The number of benzene rings is 1. The van der Waals surface area contributed by atoms with Crippen molar-refractivity contribution in [2.45, 2.75) is 5.37 Å². The van der Waals surface area contributed by atoms with E-state index in [1.165, 1.54) is 17.4 Å². The first kappa shape index (κ1) is 16.2. The van der Waals surface area contributed by atoms with E-state index < -0.39 is 5.82 Å². The molecule has 0 radical (unpaired) electrons. The van der Waals surface area contributed by atoms with Crippen LogP contribution >= 0.6 is 35.6 Å². The molecule has 0 aliphatic heterocycles. The van der Waals surface area contributed by atoms with Crippen molar-refractivity contribution in [3.8, 4) is 10.6 Å². The van der Waals surface area contributed by atoms with Crippen LogP contribution in [-0.2, 0) is 0 Å². The number of para-hydroxylation sites is 1. The van der Waals surface area contributed by atoms with Gasteiger partial charge in [0.2, 0.25) is 0 Å². The molecule has 0 N–H and O–H groups in total. The Morgan fingerprint density at radius 2 is 2.00 bits per heavy atom. The van der Waals surface area contributed by atoms with Crippen LogP contribution in [0.15, 0.2) is 48.8 Å². The molecule has 118 valence electrons. The molecule has 23 heavy (non-hydrogen) atoms. The predicted molar refractivity (Wildman–Crippen MR) is 96.9 cm³/mol. The molecule has 3 nitrogen and oxygen atoms in total. The second kappa shape index (κ2) is 6.86. The molecular weight excluding hydrogens is 353 g/mol. The zero-order valence-electron chi connectivity index (χ0n) is 12.1. The van der Waals surface area contributed by atoms with Gasteiger partial charge in [-0.25, -0.2) is 9.37 Å². The van der Waals surface area contributed by atoms with Gasteiger partial charge >= 0.3 is 0 Å². The summed E-state index contributed by atoms with van der Waals surface area (Å²) in [5.41, 5.74) is 1.62. The van der Waals surface area contributed by atoms with Crippen LogP contribution in [-0.4, -0.2) is 17.0 Å². The monoisotopic (exact) mass is 365 g/mol. The molecule has 2 aromatic heterocycles. The number of anilines is 1. The van der Waals surface area contributed by atoms with Crippen molar-refractivity contribution >= 4 is 41.3 Å². The van der Waals surface area contributed by atoms with Gasteiger partial charge in [-0.3, -0.25) is 4.98 Å². The van der Waals surface area contributed by atoms with E-state index in [4.69, 9.17) is 11.6 Å². The minimum absolute atomic E-state index is 0.252. The average molecular weight is 366 g/mol. The normalized spacial score (nSPS) is 12.2. The van der Waals surface area contributed by atoms with Gasteiger partial charge in [-0.05, 0) is 18.2 Å². The number of nitrogens with zero attached hydrogens (tertiary/aromatic N) is 3. The maximum atomic E-state index is 13.3. The molecular formula is C16H13ClFN3S2. The summed E-state index contributed by atoms with van der Waals surface area (Å²) in [7, 11) is 1.94. The minimum atomic E-state index is -0.404. The third-order valence-corrected chi connectivity index (χ3v) is 5.66. The Hall–Kier alpha value is -1.63. The molecule has 0 spiro atoms. The van der Waals surface area contributed by atoms with E-state index in [2.05, 4.69) is 22.6 Å². The van der Waals surface area contributed by atoms with E-state index in [9.17, 15) is 4.39 Å². The molecule has 3 rings (SSSR count). The van der Waals surface area contributed by atoms with E-state index in [0.29, 0.717) is 15.7 Å². The third kappa shape index (κ3) is 3.49. The van der Waals surface area contributed by atoms with Crippen molar-refractivity contribution < 1.29 is 4.39 Å². The van der Waals surface area contributed by atoms with Crippen molar-refractivity contribution in [3.05, 3.63) is 64.6 Å². The van der Waals surface area contributed by atoms with Crippen LogP contribution in [0, 0.1) is 5.82 Å². The van der Waals surface area contributed by atoms with Gasteiger partial charge in [0.25, 0.3) is 0 Å². The predicted octanol–water partition coefficient (Wildman–Crippen LogP) is 5.06. The summed E-state index contributed by atoms with van der Waals surface area (Å²) in [5, 5.41) is 0.743. The van der Waals surface area contributed by atoms with E-state index in [1.807, 2.05) is 42.3 Å². The highest BCUT2D eigenvalue weighted by Crippen LogP contribution is 2.39. The number of thiazole rings is 1. The third-order valence-electron chi connectivity index (χ3n) is 3.33. The van der Waals surface area contributed by atoms with Gasteiger partial charge in [0, 0.05) is 24.5 Å². The highest BCUT2D eigenvalue weighted by Gasteiger charge is 2.21. The molecule has 0 aliphatic carbocycles. The highest BCUT2D eigenvalue weighted by molar-refractivity contribution is 7.80. The Balaban J connectivity index is 1.92. The van der Waals surface area contributed by atoms with Crippen molar-refractivity contribution in [2.75, 3.05) is 11.9 Å². The topological polar surface area (TPSA) is 29.0 Å². The van der Waals surface area contributed by atoms with Gasteiger partial charge in [-0.1, -0.05) is 29.8 Å². The van der Waals surface area contributed by atoms with Gasteiger partial charge in [0.15, 0.2) is 0 Å². The SMILES string of the molecule is CN(c1ccccc1)C(S)c1sc(-c2cncc(F)c2)nc1Cl. The first-order chi connectivity index (χ1) is 11.1. The summed E-state index contributed by atoms with van der Waals surface area (Å²) < 4.78 is 13.3. The molecule has 2 heterocycles. The van der Waals surface area contributed by atoms with Crippen molar-refractivity contribution in [2.24, 2.45) is 0 Å². The summed E-state index contributed by atoms with van der Waals surface area (Å²) in [6.45, 7) is 0. The number of halogens is 2. The van der Waals surface area contributed by atoms with Crippen LogP contribution in [0.5, 0.6) is 0 Å². The van der Waals surface area contributed by atoms with Gasteiger partial charge in [0.05, 0.1) is 11.1 Å². The molecule has 7 heteroatoms. The van der Waals surface area contributed by atoms with Gasteiger partial charge in [-0.2, -0.15) is 0 Å². The lowest BCUT2D eigenvalue weighted by Gasteiger charge is -2.25. The van der Waals surface area contributed by atoms with Crippen LogP contribution in [0.1, 0.15) is 10.3 Å². The molecule has 0 saturated heterocycles. The average Bonchev–Trinajstić information content (AvgIpc) is 2.96. The van der Waals surface area contributed by atoms with Gasteiger partial charge in [-0.15, -0.1) is 24.0 Å². The second-order valence-corrected chi connectivity index (χ2v) is 6.76. The first-order valence-corrected chi connectivity index (χ1v) is 8.50. The summed E-state index contributed by atoms with van der Waals surface area (Å²) in [5.74, 6) is -0.404. The maximum Gasteiger partial charge on any atom is 0.146 e. The fourth-order valence-corrected chi connectivity index (χ4v) is 3.92.